The van der Waals surface area contributed by atoms with Crippen LogP contribution in [-0.4, -0.2) is 38.5 Å². The van der Waals surface area contributed by atoms with Gasteiger partial charge in [-0.2, -0.15) is 0 Å². The second kappa shape index (κ2) is 6.49. The van der Waals surface area contributed by atoms with Crippen LogP contribution in [0.4, 0.5) is 0 Å². The number of hydrogen-bond donors (Lipinski definition) is 3. The Hall–Kier alpha value is -1.93. The van der Waals surface area contributed by atoms with Crippen LogP contribution in [0.5, 0.6) is 0 Å². The minimum Gasteiger partial charge on any atom is -0.478 e. The van der Waals surface area contributed by atoms with Gasteiger partial charge in [-0.15, -0.1) is 0 Å². The zero-order chi connectivity index (χ0) is 15.3. The molecule has 110 valence electrons. The summed E-state index contributed by atoms with van der Waals surface area (Å²) in [5, 5.41) is 11.4. The van der Waals surface area contributed by atoms with E-state index >= 15 is 0 Å². The number of carbonyl (C=O) groups excluding carboxylic acids is 1. The highest BCUT2D eigenvalue weighted by Crippen LogP contribution is 2.15. The van der Waals surface area contributed by atoms with Crippen LogP contribution in [0.25, 0.3) is 0 Å². The predicted octanol–water partition coefficient (Wildman–Crippen LogP) is 0.108. The highest BCUT2D eigenvalue weighted by Gasteiger charge is 2.18. The lowest BCUT2D eigenvalue weighted by atomic mass is 10.1. The topological polar surface area (TPSA) is 113 Å². The lowest BCUT2D eigenvalue weighted by Crippen LogP contribution is -2.36. The number of hydrogen-bond acceptors (Lipinski definition) is 4. The summed E-state index contributed by atoms with van der Waals surface area (Å²) in [5.74, 6) is -1.66. The SMILES string of the molecule is CCNC(=O)CNS(=O)(=O)c1ccc(C)c(C(=O)O)c1. The van der Waals surface area contributed by atoms with E-state index in [2.05, 4.69) is 10.0 Å². The summed E-state index contributed by atoms with van der Waals surface area (Å²) in [6.45, 7) is 3.29. The van der Waals surface area contributed by atoms with Crippen molar-refractivity contribution in [3.05, 3.63) is 29.3 Å². The number of carboxylic acids is 1. The summed E-state index contributed by atoms with van der Waals surface area (Å²) in [5.41, 5.74) is 0.367. The first-order valence-corrected chi connectivity index (χ1v) is 7.36. The van der Waals surface area contributed by atoms with E-state index in [9.17, 15) is 18.0 Å². The van der Waals surface area contributed by atoms with Crippen LogP contribution in [0.15, 0.2) is 23.1 Å². The molecule has 20 heavy (non-hydrogen) atoms. The van der Waals surface area contributed by atoms with E-state index in [0.29, 0.717) is 12.1 Å². The van der Waals surface area contributed by atoms with Crippen LogP contribution in [0, 0.1) is 6.92 Å². The lowest BCUT2D eigenvalue weighted by Gasteiger charge is -2.08. The zero-order valence-electron chi connectivity index (χ0n) is 11.1. The third-order valence-corrected chi connectivity index (χ3v) is 3.95. The van der Waals surface area contributed by atoms with Gasteiger partial charge in [-0.25, -0.2) is 17.9 Å². The van der Waals surface area contributed by atoms with Crippen LogP contribution in [0.3, 0.4) is 0 Å². The number of carboxylic acid groups (broad SMARTS) is 1. The number of amides is 1. The van der Waals surface area contributed by atoms with Gasteiger partial charge in [0.25, 0.3) is 0 Å². The van der Waals surface area contributed by atoms with Gasteiger partial charge >= 0.3 is 5.97 Å². The van der Waals surface area contributed by atoms with Crippen LogP contribution in [-0.2, 0) is 14.8 Å². The van der Waals surface area contributed by atoms with Gasteiger partial charge in [0.1, 0.15) is 0 Å². The average molecular weight is 300 g/mol. The zero-order valence-corrected chi connectivity index (χ0v) is 12.0. The summed E-state index contributed by atoms with van der Waals surface area (Å²) in [4.78, 5) is 22.0. The van der Waals surface area contributed by atoms with Crippen molar-refractivity contribution in [2.75, 3.05) is 13.1 Å². The second-order valence-electron chi connectivity index (χ2n) is 4.06. The Labute approximate surface area is 117 Å². The van der Waals surface area contributed by atoms with Crippen LogP contribution in [0.1, 0.15) is 22.8 Å². The van der Waals surface area contributed by atoms with E-state index in [1.807, 2.05) is 0 Å². The predicted molar refractivity (Wildman–Crippen MR) is 72.0 cm³/mol. The molecule has 0 saturated carbocycles. The number of aryl methyl sites for hydroxylation is 1. The molecule has 0 aromatic heterocycles. The monoisotopic (exact) mass is 300 g/mol. The molecule has 0 fully saturated rings. The van der Waals surface area contributed by atoms with Crippen molar-refractivity contribution in [1.29, 1.82) is 0 Å². The Morgan fingerprint density at radius 3 is 2.50 bits per heavy atom. The summed E-state index contributed by atoms with van der Waals surface area (Å²) in [6, 6.07) is 3.77. The fraction of sp³-hybridized carbons (Fsp3) is 0.333. The highest BCUT2D eigenvalue weighted by atomic mass is 32.2. The molecule has 1 aromatic rings. The van der Waals surface area contributed by atoms with Gasteiger partial charge in [0.05, 0.1) is 17.0 Å². The molecule has 0 aliphatic heterocycles. The Kier molecular flexibility index (Phi) is 5.23. The van der Waals surface area contributed by atoms with Crippen LogP contribution in [0.2, 0.25) is 0 Å². The molecule has 1 aromatic carbocycles. The third kappa shape index (κ3) is 4.04. The van der Waals surface area contributed by atoms with Gasteiger partial charge in [0, 0.05) is 6.54 Å². The molecule has 3 N–H and O–H groups in total. The summed E-state index contributed by atoms with van der Waals surface area (Å²) >= 11 is 0. The number of nitrogens with one attached hydrogen (secondary N) is 2. The second-order valence-corrected chi connectivity index (χ2v) is 5.83. The molecular formula is C12H16N2O5S. The Balaban J connectivity index is 2.96. The van der Waals surface area contributed by atoms with Gasteiger partial charge in [0.2, 0.25) is 15.9 Å². The fourth-order valence-corrected chi connectivity index (χ4v) is 2.51. The summed E-state index contributed by atoms with van der Waals surface area (Å²) in [7, 11) is -3.92. The maximum absolute atomic E-state index is 11.9. The number of rotatable bonds is 6. The highest BCUT2D eigenvalue weighted by molar-refractivity contribution is 7.89. The van der Waals surface area contributed by atoms with Crippen molar-refractivity contribution < 1.29 is 23.1 Å². The van der Waals surface area contributed by atoms with E-state index in [0.717, 1.165) is 6.07 Å². The van der Waals surface area contributed by atoms with Crippen molar-refractivity contribution in [3.8, 4) is 0 Å². The first-order chi connectivity index (χ1) is 9.27. The van der Waals surface area contributed by atoms with Gasteiger partial charge < -0.3 is 10.4 Å². The molecule has 7 nitrogen and oxygen atoms in total. The standard InChI is InChI=1S/C12H16N2O5S/c1-3-13-11(15)7-14-20(18,19)9-5-4-8(2)10(6-9)12(16)17/h4-6,14H,3,7H2,1-2H3,(H,13,15)(H,16,17). The first-order valence-electron chi connectivity index (χ1n) is 5.88. The van der Waals surface area contributed by atoms with Gasteiger partial charge in [-0.05, 0) is 31.5 Å². The third-order valence-electron chi connectivity index (χ3n) is 2.55. The molecule has 0 bridgehead atoms. The van der Waals surface area contributed by atoms with Crippen LogP contribution < -0.4 is 10.0 Å². The molecule has 0 saturated heterocycles. The number of benzene rings is 1. The minimum atomic E-state index is -3.92. The molecule has 0 spiro atoms. The fourth-order valence-electron chi connectivity index (χ4n) is 1.50. The quantitative estimate of drug-likeness (QED) is 0.690. The Morgan fingerprint density at radius 2 is 1.95 bits per heavy atom. The van der Waals surface area contributed by atoms with E-state index in [4.69, 9.17) is 5.11 Å². The molecule has 1 rings (SSSR count). The number of carbonyl (C=O) groups is 2. The van der Waals surface area contributed by atoms with E-state index in [1.165, 1.54) is 12.1 Å². The van der Waals surface area contributed by atoms with Gasteiger partial charge in [0.15, 0.2) is 0 Å². The van der Waals surface area contributed by atoms with E-state index in [-0.39, 0.29) is 10.5 Å². The molecule has 1 amide bonds. The Morgan fingerprint density at radius 1 is 1.30 bits per heavy atom. The maximum Gasteiger partial charge on any atom is 0.335 e. The minimum absolute atomic E-state index is 0.0918. The summed E-state index contributed by atoms with van der Waals surface area (Å²) < 4.78 is 26.0. The molecule has 0 unspecified atom stereocenters. The lowest BCUT2D eigenvalue weighted by molar-refractivity contribution is -0.119. The number of aromatic carboxylic acids is 1. The molecule has 0 aliphatic rings. The summed E-state index contributed by atoms with van der Waals surface area (Å²) in [6.07, 6.45) is 0. The number of likely N-dealkylation sites (N-methyl/N-ethyl adjacent to an activating group) is 1. The van der Waals surface area contributed by atoms with Crippen molar-refractivity contribution in [3.63, 3.8) is 0 Å². The van der Waals surface area contributed by atoms with Crippen molar-refractivity contribution in [2.45, 2.75) is 18.7 Å². The molecule has 0 heterocycles. The smallest absolute Gasteiger partial charge is 0.335 e. The van der Waals surface area contributed by atoms with E-state index in [1.54, 1.807) is 13.8 Å². The Bertz CT molecular complexity index is 625. The van der Waals surface area contributed by atoms with Crippen molar-refractivity contribution in [1.82, 2.24) is 10.0 Å². The molecular weight excluding hydrogens is 284 g/mol. The molecule has 0 atom stereocenters. The van der Waals surface area contributed by atoms with Gasteiger partial charge in [-0.3, -0.25) is 4.79 Å². The van der Waals surface area contributed by atoms with Crippen molar-refractivity contribution in [2.24, 2.45) is 0 Å². The van der Waals surface area contributed by atoms with Gasteiger partial charge in [-0.1, -0.05) is 6.07 Å². The van der Waals surface area contributed by atoms with Crippen LogP contribution >= 0.6 is 0 Å². The normalized spacial score (nSPS) is 11.1. The molecule has 0 radical (unpaired) electrons. The maximum atomic E-state index is 11.9. The number of sulfonamides is 1. The largest absolute Gasteiger partial charge is 0.478 e. The first kappa shape index (κ1) is 16.1. The van der Waals surface area contributed by atoms with E-state index < -0.39 is 28.4 Å². The molecule has 8 heteroatoms. The van der Waals surface area contributed by atoms with Crippen molar-refractivity contribution >= 4 is 21.9 Å². The average Bonchev–Trinajstić information content (AvgIpc) is 2.37. The molecule has 0 aliphatic carbocycles.